The number of carbonyl (C=O) groups excluding carboxylic acids is 1. The zero-order chi connectivity index (χ0) is 20.5. The van der Waals surface area contributed by atoms with Gasteiger partial charge in [-0.05, 0) is 48.2 Å². The molecule has 5 heteroatoms. The summed E-state index contributed by atoms with van der Waals surface area (Å²) in [5.74, 6) is -1.78. The second kappa shape index (κ2) is 10.0. The standard InChI is InChI=1S/C23H22FNO3/c1-3-4-8-21(16(2)23(27)28)25-22(26)14-11-17-9-12-18(13-10-17)19-6-5-7-20(24)15-19/h3-10,12-13,15H,2,11,14H2,1H3,(H,25,26)(H,27,28)/b4-3-,21-8+. The molecule has 4 nitrogen and oxygen atoms in total. The van der Waals surface area contributed by atoms with Crippen molar-refractivity contribution in [1.29, 1.82) is 0 Å². The molecule has 2 rings (SSSR count). The SMILES string of the molecule is C=C(C(=O)O)/C(=C\C=C/C)NC(=O)CCc1ccc(-c2cccc(F)c2)cc1. The predicted molar refractivity (Wildman–Crippen MR) is 108 cm³/mol. The van der Waals surface area contributed by atoms with Gasteiger partial charge >= 0.3 is 5.97 Å². The molecule has 0 heterocycles. The normalized spacial score (nSPS) is 11.4. The molecule has 0 saturated heterocycles. The van der Waals surface area contributed by atoms with Gasteiger partial charge in [-0.1, -0.05) is 55.1 Å². The Morgan fingerprint density at radius 2 is 1.86 bits per heavy atom. The lowest BCUT2D eigenvalue weighted by atomic mass is 10.0. The summed E-state index contributed by atoms with van der Waals surface area (Å²) in [5, 5.41) is 11.7. The van der Waals surface area contributed by atoms with Gasteiger partial charge in [0, 0.05) is 6.42 Å². The van der Waals surface area contributed by atoms with Gasteiger partial charge in [-0.15, -0.1) is 0 Å². The molecule has 0 spiro atoms. The quantitative estimate of drug-likeness (QED) is 0.519. The summed E-state index contributed by atoms with van der Waals surface area (Å²) in [7, 11) is 0. The van der Waals surface area contributed by atoms with E-state index in [1.54, 1.807) is 25.1 Å². The molecular formula is C23H22FNO3. The minimum atomic E-state index is -1.19. The number of rotatable bonds is 8. The fourth-order valence-corrected chi connectivity index (χ4v) is 2.53. The molecule has 2 aromatic carbocycles. The Balaban J connectivity index is 1.98. The Morgan fingerprint density at radius 1 is 1.14 bits per heavy atom. The lowest BCUT2D eigenvalue weighted by Crippen LogP contribution is -2.25. The third-order valence-electron chi connectivity index (χ3n) is 4.07. The van der Waals surface area contributed by atoms with Crippen LogP contribution in [0.4, 0.5) is 4.39 Å². The summed E-state index contributed by atoms with van der Waals surface area (Å²) < 4.78 is 13.3. The number of nitrogens with one attached hydrogen (secondary N) is 1. The molecule has 0 radical (unpaired) electrons. The number of amides is 1. The van der Waals surface area contributed by atoms with Crippen LogP contribution in [0, 0.1) is 5.82 Å². The number of aryl methyl sites for hydroxylation is 1. The maximum atomic E-state index is 13.3. The number of halogens is 1. The number of hydrogen-bond donors (Lipinski definition) is 2. The van der Waals surface area contributed by atoms with Crippen LogP contribution in [0.3, 0.4) is 0 Å². The van der Waals surface area contributed by atoms with E-state index in [4.69, 9.17) is 5.11 Å². The number of carboxylic acid groups (broad SMARTS) is 1. The summed E-state index contributed by atoms with van der Waals surface area (Å²) in [6.07, 6.45) is 5.55. The van der Waals surface area contributed by atoms with Crippen molar-refractivity contribution in [2.45, 2.75) is 19.8 Å². The number of carboxylic acids is 1. The Kier molecular flexibility index (Phi) is 7.45. The van der Waals surface area contributed by atoms with Gasteiger partial charge in [0.15, 0.2) is 0 Å². The molecule has 0 aromatic heterocycles. The first kappa shape index (κ1) is 20.8. The summed E-state index contributed by atoms with van der Waals surface area (Å²) in [6.45, 7) is 5.27. The molecule has 0 aliphatic rings. The highest BCUT2D eigenvalue weighted by molar-refractivity contribution is 5.93. The summed E-state index contributed by atoms with van der Waals surface area (Å²) in [5.41, 5.74) is 2.62. The van der Waals surface area contributed by atoms with Crippen LogP contribution in [0.5, 0.6) is 0 Å². The van der Waals surface area contributed by atoms with E-state index in [0.29, 0.717) is 6.42 Å². The highest BCUT2D eigenvalue weighted by Crippen LogP contribution is 2.21. The van der Waals surface area contributed by atoms with Gasteiger partial charge in [-0.3, -0.25) is 4.79 Å². The second-order valence-electron chi connectivity index (χ2n) is 6.15. The topological polar surface area (TPSA) is 66.4 Å². The second-order valence-corrected chi connectivity index (χ2v) is 6.15. The van der Waals surface area contributed by atoms with Gasteiger partial charge in [-0.25, -0.2) is 9.18 Å². The lowest BCUT2D eigenvalue weighted by Gasteiger charge is -2.10. The molecule has 0 fully saturated rings. The lowest BCUT2D eigenvalue weighted by molar-refractivity contribution is -0.132. The number of benzene rings is 2. The fourth-order valence-electron chi connectivity index (χ4n) is 2.53. The number of aliphatic carboxylic acids is 1. The minimum absolute atomic E-state index is 0.164. The zero-order valence-electron chi connectivity index (χ0n) is 15.6. The van der Waals surface area contributed by atoms with Crippen molar-refractivity contribution in [3.63, 3.8) is 0 Å². The van der Waals surface area contributed by atoms with E-state index in [1.165, 1.54) is 18.2 Å². The molecule has 2 aromatic rings. The van der Waals surface area contributed by atoms with E-state index in [-0.39, 0.29) is 29.4 Å². The summed E-state index contributed by atoms with van der Waals surface area (Å²) in [6, 6.07) is 13.9. The Morgan fingerprint density at radius 3 is 2.46 bits per heavy atom. The van der Waals surface area contributed by atoms with Crippen LogP contribution in [0.1, 0.15) is 18.9 Å². The fraction of sp³-hybridized carbons (Fsp3) is 0.130. The Labute approximate surface area is 163 Å². The van der Waals surface area contributed by atoms with Crippen molar-refractivity contribution in [1.82, 2.24) is 5.32 Å². The van der Waals surface area contributed by atoms with Crippen LogP contribution >= 0.6 is 0 Å². The van der Waals surface area contributed by atoms with E-state index in [2.05, 4.69) is 11.9 Å². The highest BCUT2D eigenvalue weighted by Gasteiger charge is 2.13. The Hall–Kier alpha value is -3.47. The summed E-state index contributed by atoms with van der Waals surface area (Å²) >= 11 is 0. The average molecular weight is 379 g/mol. The largest absolute Gasteiger partial charge is 0.478 e. The average Bonchev–Trinajstić information content (AvgIpc) is 2.69. The zero-order valence-corrected chi connectivity index (χ0v) is 15.6. The van der Waals surface area contributed by atoms with E-state index in [1.807, 2.05) is 30.3 Å². The smallest absolute Gasteiger partial charge is 0.337 e. The molecule has 144 valence electrons. The van der Waals surface area contributed by atoms with Gasteiger partial charge in [-0.2, -0.15) is 0 Å². The van der Waals surface area contributed by atoms with Gasteiger partial charge < -0.3 is 10.4 Å². The molecule has 0 saturated carbocycles. The van der Waals surface area contributed by atoms with Crippen molar-refractivity contribution in [2.75, 3.05) is 0 Å². The van der Waals surface area contributed by atoms with Crippen molar-refractivity contribution >= 4 is 11.9 Å². The monoisotopic (exact) mass is 379 g/mol. The summed E-state index contributed by atoms with van der Waals surface area (Å²) in [4.78, 5) is 23.3. The first-order chi connectivity index (χ1) is 13.4. The molecule has 1 amide bonds. The Bertz CT molecular complexity index is 927. The minimum Gasteiger partial charge on any atom is -0.478 e. The van der Waals surface area contributed by atoms with Crippen LogP contribution in [0.2, 0.25) is 0 Å². The van der Waals surface area contributed by atoms with Crippen LogP contribution in [-0.4, -0.2) is 17.0 Å². The molecule has 28 heavy (non-hydrogen) atoms. The van der Waals surface area contributed by atoms with Crippen LogP contribution in [-0.2, 0) is 16.0 Å². The van der Waals surface area contributed by atoms with Crippen molar-refractivity contribution < 1.29 is 19.1 Å². The van der Waals surface area contributed by atoms with Crippen LogP contribution in [0.15, 0.2) is 84.6 Å². The maximum absolute atomic E-state index is 13.3. The van der Waals surface area contributed by atoms with Crippen LogP contribution < -0.4 is 5.32 Å². The molecule has 0 bridgehead atoms. The first-order valence-corrected chi connectivity index (χ1v) is 8.81. The van der Waals surface area contributed by atoms with E-state index >= 15 is 0 Å². The van der Waals surface area contributed by atoms with Crippen molar-refractivity contribution in [3.8, 4) is 11.1 Å². The van der Waals surface area contributed by atoms with Crippen LogP contribution in [0.25, 0.3) is 11.1 Å². The predicted octanol–water partition coefficient (Wildman–Crippen LogP) is 4.64. The molecule has 0 atom stereocenters. The molecule has 0 aliphatic heterocycles. The molecule has 2 N–H and O–H groups in total. The van der Waals surface area contributed by atoms with Gasteiger partial charge in [0.05, 0.1) is 11.3 Å². The maximum Gasteiger partial charge on any atom is 0.337 e. The van der Waals surface area contributed by atoms with Crippen molar-refractivity contribution in [2.24, 2.45) is 0 Å². The van der Waals surface area contributed by atoms with Crippen molar-refractivity contribution in [3.05, 3.63) is 96.0 Å². The van der Waals surface area contributed by atoms with E-state index in [9.17, 15) is 14.0 Å². The number of hydrogen-bond acceptors (Lipinski definition) is 2. The van der Waals surface area contributed by atoms with Gasteiger partial charge in [0.2, 0.25) is 5.91 Å². The number of carbonyl (C=O) groups is 2. The van der Waals surface area contributed by atoms with E-state index in [0.717, 1.165) is 16.7 Å². The number of allylic oxidation sites excluding steroid dienone is 3. The van der Waals surface area contributed by atoms with Gasteiger partial charge in [0.25, 0.3) is 0 Å². The third kappa shape index (κ3) is 6.06. The molecule has 0 aliphatic carbocycles. The first-order valence-electron chi connectivity index (χ1n) is 8.81. The highest BCUT2D eigenvalue weighted by atomic mass is 19.1. The molecular weight excluding hydrogens is 357 g/mol. The van der Waals surface area contributed by atoms with E-state index < -0.39 is 5.97 Å². The van der Waals surface area contributed by atoms with Gasteiger partial charge in [0.1, 0.15) is 5.82 Å². The third-order valence-corrected chi connectivity index (χ3v) is 4.07. The molecule has 0 unspecified atom stereocenters.